The van der Waals surface area contributed by atoms with Gasteiger partial charge in [0.15, 0.2) is 0 Å². The average Bonchev–Trinajstić information content (AvgIpc) is 2.89. The molecule has 0 N–H and O–H groups in total. The SMILES string of the molecule is CCCc1ccc(C=Cc2ccc(CCC3CCC(C[C@H](C)c4ccccc4)CC3)cc2F)cc1. The van der Waals surface area contributed by atoms with Crippen molar-refractivity contribution in [1.82, 2.24) is 0 Å². The first-order chi connectivity index (χ1) is 17.1. The van der Waals surface area contributed by atoms with Crippen LogP contribution in [0.1, 0.15) is 92.5 Å². The molecule has 0 amide bonds. The first kappa shape index (κ1) is 25.4. The van der Waals surface area contributed by atoms with Crippen molar-refractivity contribution < 1.29 is 4.39 Å². The molecule has 4 rings (SSSR count). The van der Waals surface area contributed by atoms with E-state index in [0.29, 0.717) is 11.5 Å². The molecule has 3 aromatic rings. The van der Waals surface area contributed by atoms with Crippen LogP contribution in [0, 0.1) is 17.7 Å². The number of hydrogen-bond acceptors (Lipinski definition) is 0. The lowest BCUT2D eigenvalue weighted by molar-refractivity contribution is 0.245. The summed E-state index contributed by atoms with van der Waals surface area (Å²) >= 11 is 0. The third-order valence-corrected chi connectivity index (χ3v) is 7.90. The Hall–Kier alpha value is -2.67. The molecular weight excluding hydrogens is 427 g/mol. The van der Waals surface area contributed by atoms with Crippen molar-refractivity contribution in [2.24, 2.45) is 11.8 Å². The minimum Gasteiger partial charge on any atom is -0.206 e. The molecule has 0 aliphatic heterocycles. The zero-order chi connectivity index (χ0) is 24.5. The lowest BCUT2D eigenvalue weighted by atomic mass is 9.75. The monoisotopic (exact) mass is 468 g/mol. The molecule has 1 aliphatic rings. The van der Waals surface area contributed by atoms with E-state index >= 15 is 0 Å². The summed E-state index contributed by atoms with van der Waals surface area (Å²) in [5.41, 5.74) is 5.74. The molecule has 0 aromatic heterocycles. The van der Waals surface area contributed by atoms with Gasteiger partial charge in [-0.3, -0.25) is 0 Å². The molecule has 1 aliphatic carbocycles. The number of hydrogen-bond donors (Lipinski definition) is 0. The van der Waals surface area contributed by atoms with Crippen LogP contribution in [0.15, 0.2) is 72.8 Å². The summed E-state index contributed by atoms with van der Waals surface area (Å²) in [6.07, 6.45) is 15.0. The fourth-order valence-corrected chi connectivity index (χ4v) is 5.68. The Bertz CT molecular complexity index is 1060. The second kappa shape index (κ2) is 12.9. The molecule has 1 fully saturated rings. The maximum absolute atomic E-state index is 14.7. The van der Waals surface area contributed by atoms with Gasteiger partial charge in [-0.1, -0.05) is 125 Å². The van der Waals surface area contributed by atoms with E-state index in [-0.39, 0.29) is 5.82 Å². The Labute approximate surface area is 212 Å². The highest BCUT2D eigenvalue weighted by Crippen LogP contribution is 2.37. The maximum atomic E-state index is 14.7. The van der Waals surface area contributed by atoms with E-state index in [0.717, 1.165) is 42.2 Å². The van der Waals surface area contributed by atoms with Crippen LogP contribution in [0.25, 0.3) is 12.2 Å². The summed E-state index contributed by atoms with van der Waals surface area (Å²) < 4.78 is 14.7. The van der Waals surface area contributed by atoms with E-state index in [4.69, 9.17) is 0 Å². The number of aryl methyl sites for hydroxylation is 2. The Balaban J connectivity index is 1.22. The van der Waals surface area contributed by atoms with Gasteiger partial charge in [0.1, 0.15) is 5.82 Å². The fraction of sp³-hybridized carbons (Fsp3) is 0.412. The topological polar surface area (TPSA) is 0 Å². The van der Waals surface area contributed by atoms with E-state index in [1.807, 2.05) is 18.2 Å². The van der Waals surface area contributed by atoms with Crippen LogP contribution in [0.3, 0.4) is 0 Å². The highest BCUT2D eigenvalue weighted by atomic mass is 19.1. The summed E-state index contributed by atoms with van der Waals surface area (Å²) in [6, 6.07) is 25.3. The fourth-order valence-electron chi connectivity index (χ4n) is 5.68. The van der Waals surface area contributed by atoms with Gasteiger partial charge < -0.3 is 0 Å². The predicted molar refractivity (Wildman–Crippen MR) is 149 cm³/mol. The van der Waals surface area contributed by atoms with Crippen molar-refractivity contribution >= 4 is 12.2 Å². The summed E-state index contributed by atoms with van der Waals surface area (Å²) in [5, 5.41) is 0. The standard InChI is InChI=1S/C34H41F/c1-3-7-27-10-12-29(13-11-27)20-22-33-23-21-31(25-34(33)35)19-16-28-14-17-30(18-15-28)24-26(2)32-8-5-4-6-9-32/h4-6,8-13,20-23,25-26,28,30H,3,7,14-19,24H2,1-2H3/t26-,28?,30?/m0/s1. The van der Waals surface area contributed by atoms with Crippen molar-refractivity contribution in [3.05, 3.63) is 106 Å². The molecule has 0 heterocycles. The van der Waals surface area contributed by atoms with Crippen molar-refractivity contribution in [2.45, 2.75) is 77.6 Å². The van der Waals surface area contributed by atoms with Gasteiger partial charge in [-0.15, -0.1) is 0 Å². The van der Waals surface area contributed by atoms with Crippen LogP contribution in [0.2, 0.25) is 0 Å². The molecule has 0 spiro atoms. The molecule has 184 valence electrons. The van der Waals surface area contributed by atoms with Crippen molar-refractivity contribution in [3.8, 4) is 0 Å². The quantitative estimate of drug-likeness (QED) is 0.260. The zero-order valence-corrected chi connectivity index (χ0v) is 21.6. The van der Waals surface area contributed by atoms with Crippen molar-refractivity contribution in [1.29, 1.82) is 0 Å². The Kier molecular flexibility index (Phi) is 9.35. The van der Waals surface area contributed by atoms with Gasteiger partial charge in [-0.05, 0) is 71.8 Å². The van der Waals surface area contributed by atoms with E-state index < -0.39 is 0 Å². The summed E-state index contributed by atoms with van der Waals surface area (Å²) in [4.78, 5) is 0. The minimum absolute atomic E-state index is 0.111. The lowest BCUT2D eigenvalue weighted by Gasteiger charge is -2.30. The van der Waals surface area contributed by atoms with E-state index in [1.54, 1.807) is 6.07 Å². The Morgan fingerprint density at radius 2 is 1.49 bits per heavy atom. The van der Waals surface area contributed by atoms with Gasteiger partial charge in [-0.25, -0.2) is 4.39 Å². The summed E-state index contributed by atoms with van der Waals surface area (Å²) in [6.45, 7) is 4.57. The van der Waals surface area contributed by atoms with Gasteiger partial charge in [0.25, 0.3) is 0 Å². The van der Waals surface area contributed by atoms with Crippen LogP contribution in [0.5, 0.6) is 0 Å². The number of benzene rings is 3. The molecule has 1 heteroatoms. The van der Waals surface area contributed by atoms with Gasteiger partial charge in [-0.2, -0.15) is 0 Å². The second-order valence-electron chi connectivity index (χ2n) is 10.7. The van der Waals surface area contributed by atoms with Crippen LogP contribution >= 0.6 is 0 Å². The van der Waals surface area contributed by atoms with Crippen LogP contribution < -0.4 is 0 Å². The first-order valence-electron chi connectivity index (χ1n) is 13.7. The van der Waals surface area contributed by atoms with Gasteiger partial charge in [0, 0.05) is 5.56 Å². The molecule has 0 nitrogen and oxygen atoms in total. The number of rotatable bonds is 10. The smallest absolute Gasteiger partial charge is 0.130 e. The second-order valence-corrected chi connectivity index (χ2v) is 10.7. The largest absolute Gasteiger partial charge is 0.206 e. The predicted octanol–water partition coefficient (Wildman–Crippen LogP) is 9.88. The lowest BCUT2D eigenvalue weighted by Crippen LogP contribution is -2.17. The Morgan fingerprint density at radius 1 is 0.800 bits per heavy atom. The van der Waals surface area contributed by atoms with Gasteiger partial charge >= 0.3 is 0 Å². The molecule has 0 bridgehead atoms. The summed E-state index contributed by atoms with van der Waals surface area (Å²) in [7, 11) is 0. The zero-order valence-electron chi connectivity index (χ0n) is 21.6. The maximum Gasteiger partial charge on any atom is 0.130 e. The van der Waals surface area contributed by atoms with Crippen LogP contribution in [0.4, 0.5) is 4.39 Å². The highest BCUT2D eigenvalue weighted by molar-refractivity contribution is 5.70. The van der Waals surface area contributed by atoms with Crippen molar-refractivity contribution in [3.63, 3.8) is 0 Å². The van der Waals surface area contributed by atoms with E-state index in [1.165, 1.54) is 49.7 Å². The molecule has 0 saturated heterocycles. The Morgan fingerprint density at radius 3 is 2.17 bits per heavy atom. The highest BCUT2D eigenvalue weighted by Gasteiger charge is 2.23. The van der Waals surface area contributed by atoms with Crippen LogP contribution in [-0.4, -0.2) is 0 Å². The third-order valence-electron chi connectivity index (χ3n) is 7.90. The van der Waals surface area contributed by atoms with Crippen molar-refractivity contribution in [2.75, 3.05) is 0 Å². The van der Waals surface area contributed by atoms with E-state index in [9.17, 15) is 4.39 Å². The molecule has 1 atom stereocenters. The molecule has 0 unspecified atom stereocenters. The van der Waals surface area contributed by atoms with Crippen LogP contribution in [-0.2, 0) is 12.8 Å². The molecule has 1 saturated carbocycles. The van der Waals surface area contributed by atoms with Gasteiger partial charge in [0.05, 0.1) is 0 Å². The minimum atomic E-state index is -0.111. The third kappa shape index (κ3) is 7.66. The number of halogens is 1. The molecule has 35 heavy (non-hydrogen) atoms. The molecule has 0 radical (unpaired) electrons. The molecular formula is C34H41F. The van der Waals surface area contributed by atoms with Gasteiger partial charge in [0.2, 0.25) is 0 Å². The summed E-state index contributed by atoms with van der Waals surface area (Å²) in [5.74, 6) is 2.18. The first-order valence-corrected chi connectivity index (χ1v) is 13.7. The molecule has 3 aromatic carbocycles. The van der Waals surface area contributed by atoms with E-state index in [2.05, 4.69) is 74.5 Å². The average molecular weight is 469 g/mol. The normalized spacial score (nSPS) is 19.2.